The van der Waals surface area contributed by atoms with Crippen LogP contribution in [0.3, 0.4) is 0 Å². The Labute approximate surface area is 170 Å². The zero-order chi connectivity index (χ0) is 19.9. The number of nitrogens with one attached hydrogen (secondary N) is 1. The molecule has 1 saturated heterocycles. The molecule has 0 radical (unpaired) electrons. The summed E-state index contributed by atoms with van der Waals surface area (Å²) in [5, 5.41) is 0. The van der Waals surface area contributed by atoms with E-state index in [9.17, 15) is 18.0 Å². The van der Waals surface area contributed by atoms with E-state index in [2.05, 4.69) is 20.7 Å². The number of fused-ring (bicyclic) bond motifs is 1. The van der Waals surface area contributed by atoms with Crippen molar-refractivity contribution in [1.82, 2.24) is 4.90 Å². The second-order valence-electron chi connectivity index (χ2n) is 6.68. The maximum atomic E-state index is 12.7. The minimum atomic E-state index is -3.81. The Kier molecular flexibility index (Phi) is 4.98. The van der Waals surface area contributed by atoms with Crippen LogP contribution in [0.25, 0.3) is 0 Å². The minimum absolute atomic E-state index is 0.0959. The van der Waals surface area contributed by atoms with Gasteiger partial charge in [-0.1, -0.05) is 15.9 Å². The summed E-state index contributed by atoms with van der Waals surface area (Å²) in [4.78, 5) is 26.5. The van der Waals surface area contributed by atoms with Gasteiger partial charge >= 0.3 is 0 Å². The van der Waals surface area contributed by atoms with E-state index in [1.165, 1.54) is 35.2 Å². The summed E-state index contributed by atoms with van der Waals surface area (Å²) in [7, 11) is -3.81. The third-order valence-corrected chi connectivity index (χ3v) is 6.68. The third kappa shape index (κ3) is 3.57. The van der Waals surface area contributed by atoms with Crippen molar-refractivity contribution in [3.05, 3.63) is 58.1 Å². The number of rotatable bonds is 5. The molecule has 1 atom stereocenters. The van der Waals surface area contributed by atoms with E-state index in [1.807, 2.05) is 0 Å². The van der Waals surface area contributed by atoms with E-state index in [4.69, 9.17) is 4.74 Å². The monoisotopic (exact) mass is 464 g/mol. The fraction of sp³-hybridized carbons (Fsp3) is 0.263. The quantitative estimate of drug-likeness (QED) is 0.686. The maximum Gasteiger partial charge on any atom is 0.261 e. The molecular weight excluding hydrogens is 448 g/mol. The van der Waals surface area contributed by atoms with E-state index < -0.39 is 15.9 Å². The predicted octanol–water partition coefficient (Wildman–Crippen LogP) is 3.02. The van der Waals surface area contributed by atoms with Crippen LogP contribution in [0, 0.1) is 0 Å². The lowest BCUT2D eigenvalue weighted by Gasteiger charge is -2.17. The molecule has 1 unspecified atom stereocenters. The number of amides is 2. The number of hydrogen-bond acceptors (Lipinski definition) is 5. The Balaban J connectivity index is 1.57. The van der Waals surface area contributed by atoms with Gasteiger partial charge in [-0.2, -0.15) is 0 Å². The number of anilines is 1. The van der Waals surface area contributed by atoms with Crippen molar-refractivity contribution in [2.45, 2.75) is 23.8 Å². The normalized spacial score (nSPS) is 19.2. The Morgan fingerprint density at radius 2 is 1.79 bits per heavy atom. The van der Waals surface area contributed by atoms with Crippen LogP contribution in [0.4, 0.5) is 5.69 Å². The summed E-state index contributed by atoms with van der Waals surface area (Å²) >= 11 is 3.26. The fourth-order valence-corrected chi connectivity index (χ4v) is 4.65. The van der Waals surface area contributed by atoms with Crippen LogP contribution in [0.1, 0.15) is 33.6 Å². The smallest absolute Gasteiger partial charge is 0.261 e. The van der Waals surface area contributed by atoms with Gasteiger partial charge in [0, 0.05) is 16.8 Å². The highest BCUT2D eigenvalue weighted by Crippen LogP contribution is 2.28. The van der Waals surface area contributed by atoms with Gasteiger partial charge in [0.2, 0.25) is 0 Å². The molecule has 4 rings (SSSR count). The molecule has 2 heterocycles. The first kappa shape index (κ1) is 19.1. The molecule has 0 bridgehead atoms. The Hall–Kier alpha value is -2.23. The van der Waals surface area contributed by atoms with Gasteiger partial charge in [-0.05, 0) is 55.3 Å². The Morgan fingerprint density at radius 3 is 2.46 bits per heavy atom. The molecule has 2 aliphatic rings. The van der Waals surface area contributed by atoms with Crippen LogP contribution in [0.5, 0.6) is 0 Å². The maximum absolute atomic E-state index is 12.7. The molecule has 28 heavy (non-hydrogen) atoms. The van der Waals surface area contributed by atoms with Crippen molar-refractivity contribution < 1.29 is 22.7 Å². The largest absolute Gasteiger partial charge is 0.376 e. The zero-order valence-electron chi connectivity index (χ0n) is 14.7. The van der Waals surface area contributed by atoms with E-state index >= 15 is 0 Å². The molecule has 2 aliphatic heterocycles. The van der Waals surface area contributed by atoms with E-state index in [0.29, 0.717) is 6.61 Å². The molecule has 2 aromatic carbocycles. The second kappa shape index (κ2) is 7.31. The molecule has 0 saturated carbocycles. The van der Waals surface area contributed by atoms with Crippen molar-refractivity contribution in [2.75, 3.05) is 17.9 Å². The van der Waals surface area contributed by atoms with Crippen LogP contribution < -0.4 is 4.72 Å². The Bertz CT molecular complexity index is 1050. The van der Waals surface area contributed by atoms with Gasteiger partial charge in [0.05, 0.1) is 28.7 Å². The summed E-state index contributed by atoms with van der Waals surface area (Å²) in [5.74, 6) is -0.807. The number of ether oxygens (including phenoxy) is 1. The van der Waals surface area contributed by atoms with Crippen LogP contribution in [-0.2, 0) is 14.8 Å². The number of carbonyl (C=O) groups excluding carboxylic acids is 2. The van der Waals surface area contributed by atoms with Gasteiger partial charge < -0.3 is 4.74 Å². The van der Waals surface area contributed by atoms with E-state index in [0.717, 1.165) is 17.3 Å². The first-order chi connectivity index (χ1) is 13.3. The molecule has 0 spiro atoms. The number of hydrogen-bond donors (Lipinski definition) is 1. The lowest BCUT2D eigenvalue weighted by Crippen LogP contribution is -2.36. The fourth-order valence-electron chi connectivity index (χ4n) is 3.34. The first-order valence-electron chi connectivity index (χ1n) is 8.75. The number of halogens is 1. The summed E-state index contributed by atoms with van der Waals surface area (Å²) < 4.78 is 33.8. The topological polar surface area (TPSA) is 92.8 Å². The van der Waals surface area contributed by atoms with Gasteiger partial charge in [-0.3, -0.25) is 19.2 Å². The van der Waals surface area contributed by atoms with Crippen molar-refractivity contribution in [3.63, 3.8) is 0 Å². The number of imide groups is 1. The van der Waals surface area contributed by atoms with Gasteiger partial charge in [0.25, 0.3) is 21.8 Å². The highest BCUT2D eigenvalue weighted by Gasteiger charge is 2.37. The van der Waals surface area contributed by atoms with Gasteiger partial charge in [-0.25, -0.2) is 8.42 Å². The van der Waals surface area contributed by atoms with Crippen molar-refractivity contribution >= 4 is 43.5 Å². The summed E-state index contributed by atoms with van der Waals surface area (Å²) in [6.07, 6.45) is 1.58. The van der Waals surface area contributed by atoms with Crippen LogP contribution >= 0.6 is 15.9 Å². The molecule has 146 valence electrons. The van der Waals surface area contributed by atoms with Gasteiger partial charge in [0.15, 0.2) is 0 Å². The molecule has 1 fully saturated rings. The summed E-state index contributed by atoms with van der Waals surface area (Å²) in [6.45, 7) is 0.849. The molecule has 2 aromatic rings. The number of benzene rings is 2. The second-order valence-corrected chi connectivity index (χ2v) is 9.27. The predicted molar refractivity (Wildman–Crippen MR) is 106 cm³/mol. The highest BCUT2D eigenvalue weighted by molar-refractivity contribution is 9.10. The first-order valence-corrected chi connectivity index (χ1v) is 11.0. The number of sulfonamides is 1. The number of carbonyl (C=O) groups is 2. The minimum Gasteiger partial charge on any atom is -0.376 e. The summed E-state index contributed by atoms with van der Waals surface area (Å²) in [6, 6.07) is 10.6. The van der Waals surface area contributed by atoms with Gasteiger partial charge in [-0.15, -0.1) is 0 Å². The van der Waals surface area contributed by atoms with Crippen LogP contribution in [0.15, 0.2) is 51.8 Å². The molecular formula is C19H17BrN2O5S. The zero-order valence-corrected chi connectivity index (χ0v) is 17.1. The van der Waals surface area contributed by atoms with Crippen molar-refractivity contribution in [2.24, 2.45) is 0 Å². The molecule has 9 heteroatoms. The van der Waals surface area contributed by atoms with E-state index in [-0.39, 0.29) is 40.3 Å². The van der Waals surface area contributed by atoms with E-state index in [1.54, 1.807) is 12.1 Å². The molecule has 2 amide bonds. The molecule has 0 aliphatic carbocycles. The van der Waals surface area contributed by atoms with Crippen molar-refractivity contribution in [3.8, 4) is 0 Å². The third-order valence-electron chi connectivity index (χ3n) is 4.76. The lowest BCUT2D eigenvalue weighted by molar-refractivity contribution is 0.0475. The average Bonchev–Trinajstić information content (AvgIpc) is 3.25. The standard InChI is InChI=1S/C19H17BrN2O5S/c20-12-3-6-15(7-4-12)28(25,26)21-13-5-8-16-17(10-13)19(24)22(18(16)23)11-14-2-1-9-27-14/h3-8,10,14,21H,1-2,9,11H2. The van der Waals surface area contributed by atoms with Crippen LogP contribution in [-0.4, -0.2) is 44.4 Å². The average molecular weight is 465 g/mol. The molecule has 7 nitrogen and oxygen atoms in total. The lowest BCUT2D eigenvalue weighted by atomic mass is 10.1. The Morgan fingerprint density at radius 1 is 1.07 bits per heavy atom. The summed E-state index contributed by atoms with van der Waals surface area (Å²) in [5.41, 5.74) is 0.690. The number of nitrogens with zero attached hydrogens (tertiary/aromatic N) is 1. The highest BCUT2D eigenvalue weighted by atomic mass is 79.9. The van der Waals surface area contributed by atoms with Crippen molar-refractivity contribution in [1.29, 1.82) is 0 Å². The molecule has 0 aromatic heterocycles. The van der Waals surface area contributed by atoms with Crippen LogP contribution in [0.2, 0.25) is 0 Å². The SMILES string of the molecule is O=C1c2ccc(NS(=O)(=O)c3ccc(Br)cc3)cc2C(=O)N1CC1CCCO1. The van der Waals surface area contributed by atoms with Gasteiger partial charge in [0.1, 0.15) is 0 Å². The molecule has 1 N–H and O–H groups in total.